The molecule has 5 nitrogen and oxygen atoms in total. The third kappa shape index (κ3) is 4.85. The van der Waals surface area contributed by atoms with E-state index in [9.17, 15) is 18.0 Å². The van der Waals surface area contributed by atoms with Gasteiger partial charge in [0.2, 0.25) is 0 Å². The quantitative estimate of drug-likeness (QED) is 0.843. The normalized spacial score (nSPS) is 12.1. The number of carboxylic acids is 1. The summed E-state index contributed by atoms with van der Waals surface area (Å²) in [5, 5.41) is 8.55. The summed E-state index contributed by atoms with van der Waals surface area (Å²) in [7, 11) is 1.63. The molecular formula is C9H12F3N3O2. The van der Waals surface area contributed by atoms with Crippen LogP contribution in [0.1, 0.15) is 5.69 Å². The number of imidazole rings is 1. The van der Waals surface area contributed by atoms with Crippen LogP contribution in [0.2, 0.25) is 0 Å². The van der Waals surface area contributed by atoms with E-state index in [1.807, 2.05) is 0 Å². The van der Waals surface area contributed by atoms with Gasteiger partial charge in [-0.15, -0.1) is 0 Å². The molecule has 1 aromatic heterocycles. The number of halogens is 3. The predicted octanol–water partition coefficient (Wildman–Crippen LogP) is 0.869. The molecule has 0 aliphatic heterocycles. The van der Waals surface area contributed by atoms with Crippen LogP contribution in [0.5, 0.6) is 0 Å². The smallest absolute Gasteiger partial charge is 0.401 e. The van der Waals surface area contributed by atoms with Crippen LogP contribution in [0, 0.1) is 0 Å². The van der Waals surface area contributed by atoms with Crippen molar-refractivity contribution in [3.63, 3.8) is 0 Å². The summed E-state index contributed by atoms with van der Waals surface area (Å²) in [6.07, 6.45) is -1.57. The van der Waals surface area contributed by atoms with Gasteiger partial charge in [0.1, 0.15) is 0 Å². The average molecular weight is 251 g/mol. The SMILES string of the molecule is Cn1cncc1CN(CC(=O)O)CC(F)(F)F. The monoisotopic (exact) mass is 251 g/mol. The second kappa shape index (κ2) is 5.17. The number of rotatable bonds is 5. The molecule has 0 saturated heterocycles. The number of hydrogen-bond donors (Lipinski definition) is 1. The maximum atomic E-state index is 12.2. The van der Waals surface area contributed by atoms with Crippen LogP contribution in [0.4, 0.5) is 13.2 Å². The van der Waals surface area contributed by atoms with Crippen LogP contribution >= 0.6 is 0 Å². The van der Waals surface area contributed by atoms with Crippen molar-refractivity contribution in [1.29, 1.82) is 0 Å². The molecule has 1 aromatic rings. The van der Waals surface area contributed by atoms with Crippen molar-refractivity contribution >= 4 is 5.97 Å². The molecule has 0 saturated carbocycles. The molecule has 96 valence electrons. The largest absolute Gasteiger partial charge is 0.480 e. The van der Waals surface area contributed by atoms with E-state index in [0.717, 1.165) is 4.90 Å². The van der Waals surface area contributed by atoms with E-state index in [-0.39, 0.29) is 6.54 Å². The molecule has 1 heterocycles. The van der Waals surface area contributed by atoms with E-state index in [2.05, 4.69) is 4.98 Å². The molecule has 0 fully saturated rings. The lowest BCUT2D eigenvalue weighted by Crippen LogP contribution is -2.37. The summed E-state index contributed by atoms with van der Waals surface area (Å²) in [6, 6.07) is 0. The second-order valence-corrected chi connectivity index (χ2v) is 3.65. The minimum absolute atomic E-state index is 0.109. The highest BCUT2D eigenvalue weighted by molar-refractivity contribution is 5.69. The van der Waals surface area contributed by atoms with Gasteiger partial charge >= 0.3 is 12.1 Å². The van der Waals surface area contributed by atoms with Gasteiger partial charge in [0.15, 0.2) is 0 Å². The molecule has 0 unspecified atom stereocenters. The highest BCUT2D eigenvalue weighted by atomic mass is 19.4. The van der Waals surface area contributed by atoms with E-state index in [1.54, 1.807) is 11.6 Å². The average Bonchev–Trinajstić information content (AvgIpc) is 2.47. The minimum Gasteiger partial charge on any atom is -0.480 e. The molecule has 0 atom stereocenters. The molecule has 1 N–H and O–H groups in total. The second-order valence-electron chi connectivity index (χ2n) is 3.65. The molecule has 0 bridgehead atoms. The predicted molar refractivity (Wildman–Crippen MR) is 52.2 cm³/mol. The summed E-state index contributed by atoms with van der Waals surface area (Å²) < 4.78 is 38.2. The topological polar surface area (TPSA) is 58.4 Å². The Kier molecular flexibility index (Phi) is 4.11. The summed E-state index contributed by atoms with van der Waals surface area (Å²) in [6.45, 7) is -2.03. The maximum Gasteiger partial charge on any atom is 0.401 e. The first-order valence-electron chi connectivity index (χ1n) is 4.74. The van der Waals surface area contributed by atoms with Gasteiger partial charge in [0, 0.05) is 19.8 Å². The van der Waals surface area contributed by atoms with Gasteiger partial charge in [-0.1, -0.05) is 0 Å². The highest BCUT2D eigenvalue weighted by Gasteiger charge is 2.31. The number of aromatic nitrogens is 2. The van der Waals surface area contributed by atoms with Crippen molar-refractivity contribution in [3.05, 3.63) is 18.2 Å². The lowest BCUT2D eigenvalue weighted by Gasteiger charge is -2.21. The Morgan fingerprint density at radius 3 is 2.65 bits per heavy atom. The van der Waals surface area contributed by atoms with E-state index in [1.165, 1.54) is 12.5 Å². The van der Waals surface area contributed by atoms with Gasteiger partial charge in [-0.3, -0.25) is 9.69 Å². The van der Waals surface area contributed by atoms with Crippen LogP contribution in [0.25, 0.3) is 0 Å². The van der Waals surface area contributed by atoms with Crippen molar-refractivity contribution in [2.75, 3.05) is 13.1 Å². The number of aliphatic carboxylic acids is 1. The van der Waals surface area contributed by atoms with Crippen LogP contribution in [0.15, 0.2) is 12.5 Å². The zero-order valence-corrected chi connectivity index (χ0v) is 9.11. The number of carbonyl (C=O) groups is 1. The third-order valence-corrected chi connectivity index (χ3v) is 2.06. The van der Waals surface area contributed by atoms with Gasteiger partial charge in [-0.25, -0.2) is 4.98 Å². The Hall–Kier alpha value is -1.57. The van der Waals surface area contributed by atoms with Crippen LogP contribution in [-0.4, -0.2) is 44.8 Å². The number of nitrogens with zero attached hydrogens (tertiary/aromatic N) is 3. The van der Waals surface area contributed by atoms with Crippen LogP contribution < -0.4 is 0 Å². The lowest BCUT2D eigenvalue weighted by atomic mass is 10.3. The molecule has 17 heavy (non-hydrogen) atoms. The fourth-order valence-electron chi connectivity index (χ4n) is 1.38. The van der Waals surface area contributed by atoms with Gasteiger partial charge in [-0.2, -0.15) is 13.2 Å². The number of hydrogen-bond acceptors (Lipinski definition) is 3. The number of aryl methyl sites for hydroxylation is 1. The first-order chi connectivity index (χ1) is 7.78. The molecule has 0 aliphatic rings. The first-order valence-corrected chi connectivity index (χ1v) is 4.74. The summed E-state index contributed by atoms with van der Waals surface area (Å²) in [4.78, 5) is 15.0. The molecule has 0 radical (unpaired) electrons. The van der Waals surface area contributed by atoms with Crippen LogP contribution in [-0.2, 0) is 18.4 Å². The summed E-state index contributed by atoms with van der Waals surface area (Å²) >= 11 is 0. The van der Waals surface area contributed by atoms with Crippen molar-refractivity contribution in [2.45, 2.75) is 12.7 Å². The van der Waals surface area contributed by atoms with Crippen molar-refractivity contribution < 1.29 is 23.1 Å². The van der Waals surface area contributed by atoms with Gasteiger partial charge in [0.25, 0.3) is 0 Å². The molecule has 0 amide bonds. The van der Waals surface area contributed by atoms with Crippen molar-refractivity contribution in [3.8, 4) is 0 Å². The number of carboxylic acid groups (broad SMARTS) is 1. The molecule has 8 heteroatoms. The van der Waals surface area contributed by atoms with E-state index in [0.29, 0.717) is 5.69 Å². The molecule has 0 aromatic carbocycles. The standard InChI is InChI=1S/C9H12F3N3O2/c1-14-6-13-2-7(14)3-15(4-8(16)17)5-9(10,11)12/h2,6H,3-5H2,1H3,(H,16,17). The Balaban J connectivity index is 2.70. The maximum absolute atomic E-state index is 12.2. The van der Waals surface area contributed by atoms with Gasteiger partial charge in [0.05, 0.1) is 25.1 Å². The first kappa shape index (κ1) is 13.5. The minimum atomic E-state index is -4.42. The zero-order chi connectivity index (χ0) is 13.1. The van der Waals surface area contributed by atoms with Crippen molar-refractivity contribution in [1.82, 2.24) is 14.5 Å². The zero-order valence-electron chi connectivity index (χ0n) is 9.11. The molecule has 0 aliphatic carbocycles. The fraction of sp³-hybridized carbons (Fsp3) is 0.556. The highest BCUT2D eigenvalue weighted by Crippen LogP contribution is 2.17. The van der Waals surface area contributed by atoms with Gasteiger partial charge < -0.3 is 9.67 Å². The Bertz CT molecular complexity index is 389. The van der Waals surface area contributed by atoms with E-state index in [4.69, 9.17) is 5.11 Å². The third-order valence-electron chi connectivity index (χ3n) is 2.06. The Morgan fingerprint density at radius 2 is 2.24 bits per heavy atom. The Morgan fingerprint density at radius 1 is 1.59 bits per heavy atom. The molecule has 0 spiro atoms. The lowest BCUT2D eigenvalue weighted by molar-refractivity contribution is -0.155. The van der Waals surface area contributed by atoms with E-state index >= 15 is 0 Å². The summed E-state index contributed by atoms with van der Waals surface area (Å²) in [5.74, 6) is -1.29. The van der Waals surface area contributed by atoms with E-state index < -0.39 is 25.2 Å². The Labute approximate surface area is 95.5 Å². The number of alkyl halides is 3. The van der Waals surface area contributed by atoms with Gasteiger partial charge in [-0.05, 0) is 0 Å². The van der Waals surface area contributed by atoms with Crippen LogP contribution in [0.3, 0.4) is 0 Å². The molecular weight excluding hydrogens is 239 g/mol. The fourth-order valence-corrected chi connectivity index (χ4v) is 1.38. The summed E-state index contributed by atoms with van der Waals surface area (Å²) in [5.41, 5.74) is 0.524. The van der Waals surface area contributed by atoms with Crippen molar-refractivity contribution in [2.24, 2.45) is 7.05 Å². The molecule has 1 rings (SSSR count).